The van der Waals surface area contributed by atoms with E-state index in [1.165, 1.54) is 0 Å². The monoisotopic (exact) mass is 486 g/mol. The molecule has 1 saturated heterocycles. The number of ether oxygens (including phenoxy) is 1. The maximum Gasteiger partial charge on any atom is 1.00 e. The van der Waals surface area contributed by atoms with Gasteiger partial charge in [-0.3, -0.25) is 4.28 Å². The summed E-state index contributed by atoms with van der Waals surface area (Å²) in [5.74, 6) is 0. The first kappa shape index (κ1) is 26.2. The molecule has 1 aliphatic heterocycles. The van der Waals surface area contributed by atoms with Crippen LogP contribution >= 0.6 is 11.8 Å². The molecule has 0 saturated carbocycles. The molecule has 2 heterocycles. The van der Waals surface area contributed by atoms with Gasteiger partial charge in [-0.1, -0.05) is 35.1 Å². The van der Waals surface area contributed by atoms with E-state index < -0.39 is 46.9 Å². The molecule has 14 heteroatoms. The molecule has 0 spiro atoms. The van der Waals surface area contributed by atoms with Gasteiger partial charge in [-0.2, -0.15) is 8.42 Å². The Bertz CT molecular complexity index is 949. The first-order valence-corrected chi connectivity index (χ1v) is 10.6. The van der Waals surface area contributed by atoms with E-state index >= 15 is 0 Å². The Balaban J connectivity index is 0.00000320. The smallest absolute Gasteiger partial charge is 0.714 e. The zero-order valence-corrected chi connectivity index (χ0v) is 20.5. The minimum Gasteiger partial charge on any atom is -0.714 e. The zero-order chi connectivity index (χ0) is 21.2. The third kappa shape index (κ3) is 6.71. The van der Waals surface area contributed by atoms with Crippen molar-refractivity contribution in [2.75, 3.05) is 6.61 Å². The van der Waals surface area contributed by atoms with Crippen LogP contribution in [0.4, 0.5) is 0 Å². The number of aliphatic hydroxyl groups is 4. The molecular formula is C16H19KN2O9S2. The number of rotatable bonds is 6. The molecule has 1 aliphatic rings. The van der Waals surface area contributed by atoms with E-state index in [-0.39, 0.29) is 62.8 Å². The quantitative estimate of drug-likeness (QED) is 0.0674. The van der Waals surface area contributed by atoms with Crippen molar-refractivity contribution in [3.05, 3.63) is 36.0 Å². The van der Waals surface area contributed by atoms with E-state index in [4.69, 9.17) is 4.74 Å². The van der Waals surface area contributed by atoms with Crippen LogP contribution in [0.5, 0.6) is 0 Å². The van der Waals surface area contributed by atoms with Gasteiger partial charge in [-0.25, -0.2) is 0 Å². The van der Waals surface area contributed by atoms with Gasteiger partial charge in [-0.15, -0.1) is 0 Å². The van der Waals surface area contributed by atoms with Crippen molar-refractivity contribution in [2.24, 2.45) is 5.16 Å². The molecule has 5 N–H and O–H groups in total. The number of thioether (sulfide) groups is 1. The summed E-state index contributed by atoms with van der Waals surface area (Å²) in [6.07, 6.45) is -5.89. The second-order valence-electron chi connectivity index (χ2n) is 6.34. The Kier molecular flexibility index (Phi) is 9.75. The summed E-state index contributed by atoms with van der Waals surface area (Å²) in [7, 11) is -5.12. The topological polar surface area (TPSA) is 185 Å². The van der Waals surface area contributed by atoms with E-state index in [0.29, 0.717) is 17.5 Å². The third-order valence-electron chi connectivity index (χ3n) is 4.26. The number of H-pyrrole nitrogens is 1. The van der Waals surface area contributed by atoms with Crippen molar-refractivity contribution < 1.29 is 93.8 Å². The predicted octanol–water partition coefficient (Wildman–Crippen LogP) is -3.96. The first-order chi connectivity index (χ1) is 13.7. The van der Waals surface area contributed by atoms with Gasteiger partial charge >= 0.3 is 51.4 Å². The molecule has 3 rings (SSSR count). The average molecular weight is 487 g/mol. The molecule has 160 valence electrons. The normalized spacial score (nSPS) is 27.6. The number of nitrogens with one attached hydrogen (secondary N) is 1. The summed E-state index contributed by atoms with van der Waals surface area (Å²) in [6, 6.07) is 9.14. The Hall–Kier alpha value is -0.0736. The molecule has 0 radical (unpaired) electrons. The molecule has 0 bridgehead atoms. The van der Waals surface area contributed by atoms with Gasteiger partial charge < -0.3 is 34.7 Å². The standard InChI is InChI=1S/C16H20N2O9S2.K/c19-7-11-13(20)14(21)15(22)16(26-11)28-12(18-27-29(23,24)25)6-9-5-8-3-1-2-4-10(8)17-9;/h1-5,11,13-17,19-22H,6-7H2,(H,23,24,25);/q;+1/p-1/t11-,13-,14+,15-,16+;/m1./s1. The fourth-order valence-electron chi connectivity index (χ4n) is 2.87. The Morgan fingerprint density at radius 1 is 1.23 bits per heavy atom. The van der Waals surface area contributed by atoms with Crippen molar-refractivity contribution in [3.63, 3.8) is 0 Å². The fraction of sp³-hybridized carbons (Fsp3) is 0.438. The van der Waals surface area contributed by atoms with Crippen molar-refractivity contribution in [2.45, 2.75) is 36.3 Å². The Labute approximate surface area is 218 Å². The molecule has 11 nitrogen and oxygen atoms in total. The van der Waals surface area contributed by atoms with Crippen LogP contribution in [0.25, 0.3) is 10.9 Å². The molecule has 0 amide bonds. The van der Waals surface area contributed by atoms with Gasteiger partial charge in [0, 0.05) is 17.6 Å². The van der Waals surface area contributed by atoms with Crippen LogP contribution in [0.1, 0.15) is 5.69 Å². The minimum absolute atomic E-state index is 0. The molecule has 2 aromatic rings. The maximum atomic E-state index is 10.8. The maximum absolute atomic E-state index is 10.8. The molecule has 1 aromatic carbocycles. The first-order valence-electron chi connectivity index (χ1n) is 8.43. The summed E-state index contributed by atoms with van der Waals surface area (Å²) < 4.78 is 41.7. The average Bonchev–Trinajstić information content (AvgIpc) is 3.08. The Morgan fingerprint density at radius 3 is 2.57 bits per heavy atom. The van der Waals surface area contributed by atoms with Crippen molar-refractivity contribution in [1.82, 2.24) is 4.98 Å². The van der Waals surface area contributed by atoms with Crippen LogP contribution in [-0.4, -0.2) is 79.9 Å². The SMILES string of the molecule is O=S(=O)([O-])ON=C(Cc1cc2ccccc2[nH]1)S[C@@H]1O[C@H](CO)[C@@H](O)[C@H](O)[C@H]1O.[K+]. The summed E-state index contributed by atoms with van der Waals surface area (Å²) in [6.45, 7) is -0.623. The zero-order valence-electron chi connectivity index (χ0n) is 15.8. The minimum atomic E-state index is -5.12. The van der Waals surface area contributed by atoms with Crippen LogP contribution in [-0.2, 0) is 25.8 Å². The van der Waals surface area contributed by atoms with Gasteiger partial charge in [-0.05, 0) is 17.5 Å². The number of nitrogens with zero attached hydrogens (tertiary/aromatic N) is 1. The van der Waals surface area contributed by atoms with E-state index in [1.807, 2.05) is 24.3 Å². The predicted molar refractivity (Wildman–Crippen MR) is 102 cm³/mol. The molecule has 1 fully saturated rings. The van der Waals surface area contributed by atoms with Gasteiger partial charge in [0.1, 0.15) is 34.9 Å². The van der Waals surface area contributed by atoms with Gasteiger partial charge in [0.15, 0.2) is 0 Å². The fourth-order valence-corrected chi connectivity index (χ4v) is 4.19. The summed E-state index contributed by atoms with van der Waals surface area (Å²) in [5.41, 5.74) is 0.206. The number of aliphatic hydroxyl groups excluding tert-OH is 4. The van der Waals surface area contributed by atoms with Crippen molar-refractivity contribution >= 4 is 38.1 Å². The van der Waals surface area contributed by atoms with Crippen LogP contribution < -0.4 is 51.4 Å². The van der Waals surface area contributed by atoms with Crippen LogP contribution in [0.2, 0.25) is 0 Å². The number of hydrogen-bond donors (Lipinski definition) is 5. The third-order valence-corrected chi connectivity index (χ3v) is 5.63. The van der Waals surface area contributed by atoms with Crippen LogP contribution in [0, 0.1) is 0 Å². The number of para-hydroxylation sites is 1. The molecule has 1 aromatic heterocycles. The second kappa shape index (κ2) is 11.2. The van der Waals surface area contributed by atoms with Gasteiger partial charge in [0.05, 0.1) is 6.61 Å². The Morgan fingerprint density at radius 2 is 1.93 bits per heavy atom. The van der Waals surface area contributed by atoms with Crippen molar-refractivity contribution in [1.29, 1.82) is 0 Å². The molecule has 5 atom stereocenters. The van der Waals surface area contributed by atoms with E-state index in [9.17, 15) is 33.4 Å². The van der Waals surface area contributed by atoms with Crippen LogP contribution in [0.15, 0.2) is 35.5 Å². The molecule has 0 aliphatic carbocycles. The largest absolute Gasteiger partial charge is 1.00 e. The number of hydrogen-bond acceptors (Lipinski definition) is 11. The molecule has 0 unspecified atom stereocenters. The number of fused-ring (bicyclic) bond motifs is 1. The summed E-state index contributed by atoms with van der Waals surface area (Å²) in [4.78, 5) is 3.10. The number of oxime groups is 1. The van der Waals surface area contributed by atoms with E-state index in [2.05, 4.69) is 14.4 Å². The number of benzene rings is 1. The van der Waals surface area contributed by atoms with Gasteiger partial charge in [0.25, 0.3) is 10.4 Å². The number of aromatic nitrogens is 1. The number of aromatic amines is 1. The molecular weight excluding hydrogens is 467 g/mol. The van der Waals surface area contributed by atoms with Gasteiger partial charge in [0.2, 0.25) is 0 Å². The second-order valence-corrected chi connectivity index (χ2v) is 8.48. The van der Waals surface area contributed by atoms with Crippen molar-refractivity contribution in [3.8, 4) is 0 Å². The van der Waals surface area contributed by atoms with Crippen LogP contribution in [0.3, 0.4) is 0 Å². The summed E-state index contributed by atoms with van der Waals surface area (Å²) >= 11 is 0.691. The van der Waals surface area contributed by atoms with E-state index in [0.717, 1.165) is 10.9 Å². The molecule has 30 heavy (non-hydrogen) atoms. The van der Waals surface area contributed by atoms with E-state index in [1.54, 1.807) is 6.07 Å². The summed E-state index contributed by atoms with van der Waals surface area (Å²) in [5, 5.41) is 43.4.